The number of hydrogen-bond acceptors (Lipinski definition) is 7. The van der Waals surface area contributed by atoms with Gasteiger partial charge in [-0.05, 0) is 26.3 Å². The first-order valence-electron chi connectivity index (χ1n) is 8.70. The lowest BCUT2D eigenvalue weighted by Crippen LogP contribution is -2.40. The van der Waals surface area contributed by atoms with Crippen molar-refractivity contribution in [3.05, 3.63) is 16.8 Å². The molecule has 0 aliphatic rings. The van der Waals surface area contributed by atoms with Crippen LogP contribution in [0, 0.1) is 6.92 Å². The first kappa shape index (κ1) is 21.1. The summed E-state index contributed by atoms with van der Waals surface area (Å²) in [5, 5.41) is 1.68. The minimum absolute atomic E-state index is 0.0689. The number of carbonyl (C=O) groups is 1. The van der Waals surface area contributed by atoms with Crippen molar-refractivity contribution >= 4 is 39.2 Å². The third-order valence-corrected chi connectivity index (χ3v) is 6.21. The molecule has 0 fully saturated rings. The fourth-order valence-electron chi connectivity index (χ4n) is 2.52. The van der Waals surface area contributed by atoms with E-state index in [-0.39, 0.29) is 11.2 Å². The minimum Gasteiger partial charge on any atom is -0.383 e. The number of aromatic nitrogens is 2. The molecule has 0 aliphatic heterocycles. The molecule has 0 saturated heterocycles. The fraction of sp³-hybridized carbons (Fsp3) is 0.611. The second-order valence-electron chi connectivity index (χ2n) is 5.93. The molecule has 2 aromatic heterocycles. The van der Waals surface area contributed by atoms with E-state index in [1.165, 1.54) is 16.6 Å². The van der Waals surface area contributed by atoms with Gasteiger partial charge < -0.3 is 14.4 Å². The molecule has 144 valence electrons. The van der Waals surface area contributed by atoms with Gasteiger partial charge >= 0.3 is 0 Å². The van der Waals surface area contributed by atoms with E-state index >= 15 is 0 Å². The molecule has 0 aliphatic carbocycles. The molecule has 0 aromatic carbocycles. The largest absolute Gasteiger partial charge is 0.383 e. The molecule has 1 unspecified atom stereocenters. The first-order valence-corrected chi connectivity index (χ1v) is 10.4. The van der Waals surface area contributed by atoms with Gasteiger partial charge in [-0.15, -0.1) is 11.3 Å². The van der Waals surface area contributed by atoms with Gasteiger partial charge in [0.05, 0.1) is 18.5 Å². The van der Waals surface area contributed by atoms with Crippen LogP contribution in [-0.2, 0) is 20.7 Å². The Morgan fingerprint density at radius 1 is 1.27 bits per heavy atom. The van der Waals surface area contributed by atoms with Gasteiger partial charge in [0, 0.05) is 37.6 Å². The van der Waals surface area contributed by atoms with Gasteiger partial charge in [-0.3, -0.25) is 4.79 Å². The van der Waals surface area contributed by atoms with Crippen LogP contribution in [0.25, 0.3) is 10.2 Å². The van der Waals surface area contributed by atoms with Crippen LogP contribution in [0.3, 0.4) is 0 Å². The summed E-state index contributed by atoms with van der Waals surface area (Å²) in [4.78, 5) is 26.1. The zero-order chi connectivity index (χ0) is 19.1. The third kappa shape index (κ3) is 5.39. The lowest BCUT2D eigenvalue weighted by Gasteiger charge is -2.25. The molecule has 0 saturated carbocycles. The monoisotopic (exact) mass is 397 g/mol. The third-order valence-electron chi connectivity index (χ3n) is 3.95. The minimum atomic E-state index is -0.244. The number of hydrogen-bond donors (Lipinski definition) is 0. The van der Waals surface area contributed by atoms with Gasteiger partial charge in [0.1, 0.15) is 15.7 Å². The van der Waals surface area contributed by atoms with Crippen LogP contribution in [0.5, 0.6) is 0 Å². The van der Waals surface area contributed by atoms with E-state index in [1.54, 1.807) is 30.5 Å². The molecular weight excluding hydrogens is 370 g/mol. The molecule has 2 rings (SSSR count). The Labute approximate surface area is 163 Å². The molecule has 1 atom stereocenters. The number of aryl methyl sites for hydroxylation is 2. The summed E-state index contributed by atoms with van der Waals surface area (Å²) in [7, 11) is 3.28. The number of nitrogens with zero attached hydrogens (tertiary/aromatic N) is 3. The molecule has 26 heavy (non-hydrogen) atoms. The van der Waals surface area contributed by atoms with Crippen molar-refractivity contribution in [1.29, 1.82) is 0 Å². The van der Waals surface area contributed by atoms with Crippen LogP contribution in [0.1, 0.15) is 24.5 Å². The molecule has 8 heteroatoms. The molecule has 2 heterocycles. The highest BCUT2D eigenvalue weighted by Crippen LogP contribution is 2.34. The van der Waals surface area contributed by atoms with Crippen molar-refractivity contribution in [2.45, 2.75) is 37.5 Å². The Hall–Kier alpha value is -1.22. The number of amides is 1. The maximum Gasteiger partial charge on any atom is 0.235 e. The number of thiophene rings is 1. The SMILES string of the molecule is CCc1cc2c(SC(C)C(=O)N(CCOC)CCOC)nc(C)nc2s1. The summed E-state index contributed by atoms with van der Waals surface area (Å²) in [6.45, 7) is 8.08. The fourth-order valence-corrected chi connectivity index (χ4v) is 4.65. The van der Waals surface area contributed by atoms with Crippen molar-refractivity contribution in [2.75, 3.05) is 40.5 Å². The van der Waals surface area contributed by atoms with Crippen molar-refractivity contribution in [3.8, 4) is 0 Å². The summed E-state index contributed by atoms with van der Waals surface area (Å²) in [6.07, 6.45) is 0.973. The van der Waals surface area contributed by atoms with Gasteiger partial charge in [0.25, 0.3) is 0 Å². The zero-order valence-electron chi connectivity index (χ0n) is 16.1. The predicted octanol–water partition coefficient (Wildman–Crippen LogP) is 3.16. The Morgan fingerprint density at radius 3 is 2.50 bits per heavy atom. The van der Waals surface area contributed by atoms with E-state index in [4.69, 9.17) is 9.47 Å². The average Bonchev–Trinajstić information content (AvgIpc) is 3.04. The van der Waals surface area contributed by atoms with Crippen LogP contribution in [0.15, 0.2) is 11.1 Å². The summed E-state index contributed by atoms with van der Waals surface area (Å²) in [5.41, 5.74) is 0. The number of thioether (sulfide) groups is 1. The maximum absolute atomic E-state index is 12.9. The molecule has 1 amide bonds. The highest BCUT2D eigenvalue weighted by atomic mass is 32.2. The predicted molar refractivity (Wildman–Crippen MR) is 107 cm³/mol. The van der Waals surface area contributed by atoms with E-state index in [9.17, 15) is 4.79 Å². The van der Waals surface area contributed by atoms with E-state index < -0.39 is 0 Å². The molecule has 0 radical (unpaired) electrons. The number of ether oxygens (including phenoxy) is 2. The van der Waals surface area contributed by atoms with E-state index in [1.807, 2.05) is 13.8 Å². The van der Waals surface area contributed by atoms with Gasteiger partial charge in [0.15, 0.2) is 0 Å². The number of fused-ring (bicyclic) bond motifs is 1. The van der Waals surface area contributed by atoms with Crippen molar-refractivity contribution in [3.63, 3.8) is 0 Å². The maximum atomic E-state index is 12.9. The summed E-state index contributed by atoms with van der Waals surface area (Å²) in [6, 6.07) is 2.15. The van der Waals surface area contributed by atoms with Gasteiger partial charge in [0.2, 0.25) is 5.91 Å². The van der Waals surface area contributed by atoms with Gasteiger partial charge in [-0.25, -0.2) is 9.97 Å². The number of methoxy groups -OCH3 is 2. The summed E-state index contributed by atoms with van der Waals surface area (Å²) >= 11 is 3.19. The Morgan fingerprint density at radius 2 is 1.92 bits per heavy atom. The standard InChI is InChI=1S/C18H27N3O3S2/c1-6-14-11-15-16(19-13(3)20-17(15)26-14)25-12(2)18(22)21(7-9-23-4)8-10-24-5/h11-12H,6-10H2,1-5H3. The number of carbonyl (C=O) groups excluding carboxylic acids is 1. The molecule has 2 aromatic rings. The lowest BCUT2D eigenvalue weighted by atomic mass is 10.3. The molecular formula is C18H27N3O3S2. The van der Waals surface area contributed by atoms with Crippen LogP contribution in [0.4, 0.5) is 0 Å². The second-order valence-corrected chi connectivity index (χ2v) is 8.38. The molecule has 6 nitrogen and oxygen atoms in total. The van der Waals surface area contributed by atoms with Crippen LogP contribution in [-0.4, -0.2) is 66.5 Å². The van der Waals surface area contributed by atoms with Crippen molar-refractivity contribution < 1.29 is 14.3 Å². The van der Waals surface area contributed by atoms with Crippen molar-refractivity contribution in [2.24, 2.45) is 0 Å². The van der Waals surface area contributed by atoms with Crippen molar-refractivity contribution in [1.82, 2.24) is 14.9 Å². The van der Waals surface area contributed by atoms with Crippen LogP contribution in [0.2, 0.25) is 0 Å². The van der Waals surface area contributed by atoms with Gasteiger partial charge in [-0.2, -0.15) is 0 Å². The molecule has 0 bridgehead atoms. The quantitative estimate of drug-likeness (QED) is 0.453. The van der Waals surface area contributed by atoms with E-state index in [0.717, 1.165) is 27.5 Å². The van der Waals surface area contributed by atoms with E-state index in [2.05, 4.69) is 23.0 Å². The Kier molecular flexibility index (Phi) is 8.27. The highest BCUT2D eigenvalue weighted by Gasteiger charge is 2.23. The zero-order valence-corrected chi connectivity index (χ0v) is 17.7. The molecule has 0 spiro atoms. The normalized spacial score (nSPS) is 12.5. The number of rotatable bonds is 10. The first-order chi connectivity index (χ1) is 12.5. The van der Waals surface area contributed by atoms with Crippen LogP contribution >= 0.6 is 23.1 Å². The lowest BCUT2D eigenvalue weighted by molar-refractivity contribution is -0.131. The van der Waals surface area contributed by atoms with E-state index in [0.29, 0.717) is 26.3 Å². The van der Waals surface area contributed by atoms with Crippen LogP contribution < -0.4 is 0 Å². The van der Waals surface area contributed by atoms with Gasteiger partial charge in [-0.1, -0.05) is 18.7 Å². The highest BCUT2D eigenvalue weighted by molar-refractivity contribution is 8.00. The summed E-state index contributed by atoms with van der Waals surface area (Å²) in [5.74, 6) is 0.805. The second kappa shape index (κ2) is 10.2. The topological polar surface area (TPSA) is 64.6 Å². The smallest absolute Gasteiger partial charge is 0.235 e. The Bertz CT molecular complexity index is 728. The Balaban J connectivity index is 2.18. The summed E-state index contributed by atoms with van der Waals surface area (Å²) < 4.78 is 10.3. The molecule has 0 N–H and O–H groups in total. The average molecular weight is 398 g/mol.